The predicted octanol–water partition coefficient (Wildman–Crippen LogP) is 1.14. The number of hydrogen-bond donors (Lipinski definition) is 1. The molecule has 0 atom stereocenters. The molecular weight excluding hydrogens is 188 g/mol. The van der Waals surface area contributed by atoms with Crippen LogP contribution in [-0.4, -0.2) is 28.7 Å². The minimum absolute atomic E-state index is 0.748. The Morgan fingerprint density at radius 3 is 2.73 bits per heavy atom. The van der Waals surface area contributed by atoms with E-state index in [0.717, 1.165) is 17.9 Å². The van der Waals surface area contributed by atoms with Crippen molar-refractivity contribution in [3.05, 3.63) is 30.1 Å². The molecule has 0 saturated heterocycles. The highest BCUT2D eigenvalue weighted by atomic mass is 15.5. The van der Waals surface area contributed by atoms with Crippen molar-refractivity contribution in [2.24, 2.45) is 7.05 Å². The minimum atomic E-state index is 0.748. The molecular formula is C11H16N4. The largest absolute Gasteiger partial charge is 0.330 e. The predicted molar refractivity (Wildman–Crippen MR) is 61.2 cm³/mol. The Balaban J connectivity index is 2.32. The van der Waals surface area contributed by atoms with Crippen molar-refractivity contribution in [3.63, 3.8) is 0 Å². The van der Waals surface area contributed by atoms with E-state index < -0.39 is 0 Å². The summed E-state index contributed by atoms with van der Waals surface area (Å²) in [6.45, 7) is 0.748. The van der Waals surface area contributed by atoms with Gasteiger partial charge in [-0.05, 0) is 12.1 Å². The first kappa shape index (κ1) is 10.1. The Morgan fingerprint density at radius 1 is 1.33 bits per heavy atom. The topological polar surface area (TPSA) is 33.1 Å². The van der Waals surface area contributed by atoms with Crippen LogP contribution >= 0.6 is 0 Å². The molecule has 4 heteroatoms. The molecule has 0 aliphatic heterocycles. The third kappa shape index (κ3) is 2.00. The molecule has 0 aliphatic rings. The van der Waals surface area contributed by atoms with Gasteiger partial charge in [0.1, 0.15) is 5.82 Å². The van der Waals surface area contributed by atoms with Gasteiger partial charge < -0.3 is 4.57 Å². The fraction of sp³-hybridized carbons (Fsp3) is 0.364. The van der Waals surface area contributed by atoms with Gasteiger partial charge in [0.05, 0.1) is 17.6 Å². The number of hydrazine groups is 1. The number of aryl methyl sites for hydroxylation is 1. The Morgan fingerprint density at radius 2 is 2.07 bits per heavy atom. The summed E-state index contributed by atoms with van der Waals surface area (Å²) >= 11 is 0. The van der Waals surface area contributed by atoms with E-state index in [-0.39, 0.29) is 0 Å². The summed E-state index contributed by atoms with van der Waals surface area (Å²) in [7, 11) is 5.99. The third-order valence-corrected chi connectivity index (χ3v) is 2.43. The summed E-state index contributed by atoms with van der Waals surface area (Å²) < 4.78 is 2.12. The summed E-state index contributed by atoms with van der Waals surface area (Å²) in [5, 5.41) is 1.93. The van der Waals surface area contributed by atoms with Gasteiger partial charge in [-0.2, -0.15) is 0 Å². The van der Waals surface area contributed by atoms with Gasteiger partial charge in [0.2, 0.25) is 0 Å². The van der Waals surface area contributed by atoms with Crippen LogP contribution in [-0.2, 0) is 13.6 Å². The molecule has 0 saturated carbocycles. The van der Waals surface area contributed by atoms with Gasteiger partial charge in [-0.1, -0.05) is 12.1 Å². The van der Waals surface area contributed by atoms with Gasteiger partial charge in [0.25, 0.3) is 0 Å². The molecule has 4 nitrogen and oxygen atoms in total. The van der Waals surface area contributed by atoms with Crippen molar-refractivity contribution in [2.45, 2.75) is 6.54 Å². The first-order chi connectivity index (χ1) is 7.18. The fourth-order valence-corrected chi connectivity index (χ4v) is 1.58. The van der Waals surface area contributed by atoms with E-state index in [1.165, 1.54) is 5.52 Å². The first-order valence-electron chi connectivity index (χ1n) is 4.99. The SMILES string of the molecule is CN(C)NCc1nc2ccccc2n1C. The van der Waals surface area contributed by atoms with Crippen LogP contribution in [0.15, 0.2) is 24.3 Å². The monoisotopic (exact) mass is 204 g/mol. The number of imidazole rings is 1. The number of rotatable bonds is 3. The Labute approximate surface area is 89.5 Å². The van der Waals surface area contributed by atoms with E-state index in [4.69, 9.17) is 0 Å². The Hall–Kier alpha value is -1.39. The maximum Gasteiger partial charge on any atom is 0.125 e. The molecule has 80 valence electrons. The van der Waals surface area contributed by atoms with Crippen molar-refractivity contribution >= 4 is 11.0 Å². The van der Waals surface area contributed by atoms with Crippen molar-refractivity contribution in [1.29, 1.82) is 0 Å². The fourth-order valence-electron chi connectivity index (χ4n) is 1.58. The smallest absolute Gasteiger partial charge is 0.125 e. The number of hydrogen-bond acceptors (Lipinski definition) is 3. The van der Waals surface area contributed by atoms with E-state index in [9.17, 15) is 0 Å². The zero-order chi connectivity index (χ0) is 10.8. The number of benzene rings is 1. The molecule has 2 rings (SSSR count). The Bertz CT molecular complexity index is 459. The van der Waals surface area contributed by atoms with Crippen LogP contribution in [0.1, 0.15) is 5.82 Å². The summed E-state index contributed by atoms with van der Waals surface area (Å²) in [6, 6.07) is 8.17. The average molecular weight is 204 g/mol. The normalized spacial score (nSPS) is 11.5. The van der Waals surface area contributed by atoms with Gasteiger partial charge in [-0.3, -0.25) is 5.01 Å². The highest BCUT2D eigenvalue weighted by molar-refractivity contribution is 5.75. The maximum atomic E-state index is 4.56. The highest BCUT2D eigenvalue weighted by Gasteiger charge is 2.06. The molecule has 0 spiro atoms. The number of nitrogens with zero attached hydrogens (tertiary/aromatic N) is 3. The van der Waals surface area contributed by atoms with Gasteiger partial charge in [0.15, 0.2) is 0 Å². The standard InChI is InChI=1S/C11H16N4/c1-14(2)12-8-11-13-9-6-4-5-7-10(9)15(11)3/h4-7,12H,8H2,1-3H3. The van der Waals surface area contributed by atoms with Crippen LogP contribution in [0.25, 0.3) is 11.0 Å². The summed E-state index contributed by atoms with van der Waals surface area (Å²) in [6.07, 6.45) is 0. The Kier molecular flexibility index (Phi) is 2.70. The second kappa shape index (κ2) is 4.00. The molecule has 0 unspecified atom stereocenters. The zero-order valence-electron chi connectivity index (χ0n) is 9.36. The molecule has 1 heterocycles. The van der Waals surface area contributed by atoms with Crippen LogP contribution < -0.4 is 5.43 Å². The first-order valence-corrected chi connectivity index (χ1v) is 4.99. The molecule has 1 aromatic carbocycles. The second-order valence-corrected chi connectivity index (χ2v) is 3.81. The van der Waals surface area contributed by atoms with Gasteiger partial charge >= 0.3 is 0 Å². The van der Waals surface area contributed by atoms with Crippen molar-refractivity contribution in [2.75, 3.05) is 14.1 Å². The number of nitrogens with one attached hydrogen (secondary N) is 1. The maximum absolute atomic E-state index is 4.56. The molecule has 1 N–H and O–H groups in total. The van der Waals surface area contributed by atoms with E-state index in [0.29, 0.717) is 0 Å². The van der Waals surface area contributed by atoms with E-state index >= 15 is 0 Å². The molecule has 0 aliphatic carbocycles. The quantitative estimate of drug-likeness (QED) is 0.761. The molecule has 0 bridgehead atoms. The minimum Gasteiger partial charge on any atom is -0.330 e. The zero-order valence-corrected chi connectivity index (χ0v) is 9.36. The van der Waals surface area contributed by atoms with Crippen molar-refractivity contribution in [1.82, 2.24) is 20.0 Å². The van der Waals surface area contributed by atoms with Gasteiger partial charge in [0, 0.05) is 21.1 Å². The molecule has 0 amide bonds. The van der Waals surface area contributed by atoms with E-state index in [2.05, 4.69) is 21.0 Å². The molecule has 2 aromatic rings. The lowest BCUT2D eigenvalue weighted by molar-refractivity contribution is 0.281. The lowest BCUT2D eigenvalue weighted by atomic mass is 10.3. The summed E-state index contributed by atoms with van der Waals surface area (Å²) in [5.41, 5.74) is 5.44. The third-order valence-electron chi connectivity index (χ3n) is 2.43. The van der Waals surface area contributed by atoms with E-state index in [1.807, 2.05) is 44.4 Å². The van der Waals surface area contributed by atoms with Gasteiger partial charge in [-0.15, -0.1) is 0 Å². The summed E-state index contributed by atoms with van der Waals surface area (Å²) in [5.74, 6) is 1.05. The lowest BCUT2D eigenvalue weighted by Crippen LogP contribution is -2.30. The average Bonchev–Trinajstić information content (AvgIpc) is 2.54. The number of fused-ring (bicyclic) bond motifs is 1. The number of para-hydroxylation sites is 2. The van der Waals surface area contributed by atoms with E-state index in [1.54, 1.807) is 0 Å². The second-order valence-electron chi connectivity index (χ2n) is 3.81. The van der Waals surface area contributed by atoms with Crippen LogP contribution in [0.3, 0.4) is 0 Å². The van der Waals surface area contributed by atoms with Crippen LogP contribution in [0.5, 0.6) is 0 Å². The summed E-state index contributed by atoms with van der Waals surface area (Å²) in [4.78, 5) is 4.56. The highest BCUT2D eigenvalue weighted by Crippen LogP contribution is 2.13. The molecule has 15 heavy (non-hydrogen) atoms. The lowest BCUT2D eigenvalue weighted by Gasteiger charge is -2.11. The molecule has 0 fully saturated rings. The van der Waals surface area contributed by atoms with Crippen molar-refractivity contribution < 1.29 is 0 Å². The van der Waals surface area contributed by atoms with Crippen LogP contribution in [0.4, 0.5) is 0 Å². The van der Waals surface area contributed by atoms with Crippen LogP contribution in [0, 0.1) is 0 Å². The molecule has 1 aromatic heterocycles. The van der Waals surface area contributed by atoms with Gasteiger partial charge in [-0.25, -0.2) is 10.4 Å². The number of aromatic nitrogens is 2. The van der Waals surface area contributed by atoms with Crippen LogP contribution in [0.2, 0.25) is 0 Å². The van der Waals surface area contributed by atoms with Crippen molar-refractivity contribution in [3.8, 4) is 0 Å². The molecule has 0 radical (unpaired) electrons.